The molecule has 1 fully saturated rings. The lowest BCUT2D eigenvalue weighted by molar-refractivity contribution is -0.594. The van der Waals surface area contributed by atoms with E-state index in [1.807, 2.05) is 0 Å². The number of nitrogens with zero attached hydrogens (tertiary/aromatic N) is 2. The first kappa shape index (κ1) is 26.1. The minimum Gasteiger partial charge on any atom is -0.472 e. The van der Waals surface area contributed by atoms with Gasteiger partial charge in [0.2, 0.25) is 11.6 Å². The first-order valence-corrected chi connectivity index (χ1v) is 11.8. The summed E-state index contributed by atoms with van der Waals surface area (Å²) in [5, 5.41) is 37.6. The summed E-state index contributed by atoms with van der Waals surface area (Å²) in [6.07, 6.45) is 4.95. The van der Waals surface area contributed by atoms with E-state index in [4.69, 9.17) is 13.6 Å². The average Bonchev–Trinajstić information content (AvgIpc) is 3.53. The molecule has 0 bridgehead atoms. The smallest absolute Gasteiger partial charge is 0.346 e. The highest BCUT2D eigenvalue weighted by molar-refractivity contribution is 5.82. The lowest BCUT2D eigenvalue weighted by Crippen LogP contribution is -2.70. The molecule has 37 heavy (non-hydrogen) atoms. The van der Waals surface area contributed by atoms with Gasteiger partial charge in [0, 0.05) is 26.9 Å². The fraction of sp³-hybridized carbons (Fsp3) is 0.423. The number of esters is 1. The second-order valence-corrected chi connectivity index (χ2v) is 10.3. The predicted molar refractivity (Wildman–Crippen MR) is 129 cm³/mol. The van der Waals surface area contributed by atoms with Crippen LogP contribution >= 0.6 is 0 Å². The largest absolute Gasteiger partial charge is 0.472 e. The summed E-state index contributed by atoms with van der Waals surface area (Å²) in [5.74, 6) is -5.20. The monoisotopic (exact) mass is 512 g/mol. The molecule has 196 valence electrons. The number of carbonyl (C=O) groups excluding carboxylic acids is 1. The predicted octanol–water partition coefficient (Wildman–Crippen LogP) is 3.98. The van der Waals surface area contributed by atoms with Crippen LogP contribution in [0.2, 0.25) is 0 Å². The third-order valence-electron chi connectivity index (χ3n) is 6.88. The SMILES string of the molecule is CC(C)(C)OC(=O)[C@@]1(O)[C@H](Cc2ccccc2)[C@H](c2ccoc2)[C@H]([N+](=O)[O-])[C@@H](c2ccoc2)[C@@H]1[N+](=O)[O-]. The molecule has 1 aromatic carbocycles. The zero-order valence-electron chi connectivity index (χ0n) is 20.6. The van der Waals surface area contributed by atoms with Gasteiger partial charge in [0.15, 0.2) is 0 Å². The van der Waals surface area contributed by atoms with Gasteiger partial charge in [-0.15, -0.1) is 0 Å². The van der Waals surface area contributed by atoms with Crippen molar-refractivity contribution in [2.75, 3.05) is 0 Å². The fourth-order valence-corrected chi connectivity index (χ4v) is 5.49. The summed E-state index contributed by atoms with van der Waals surface area (Å²) in [4.78, 5) is 37.7. The van der Waals surface area contributed by atoms with E-state index < -0.39 is 56.9 Å². The molecule has 0 aliphatic heterocycles. The van der Waals surface area contributed by atoms with Crippen LogP contribution in [0.1, 0.15) is 49.3 Å². The molecule has 0 spiro atoms. The summed E-state index contributed by atoms with van der Waals surface area (Å²) in [7, 11) is 0. The standard InChI is InChI=1S/C26H28N2O9/c1-25(2,3)37-24(29)26(30)19(13-16-7-5-4-6-8-16)20(17-9-11-35-14-17)22(27(31)32)21(23(26)28(33)34)18-10-12-36-15-18/h4-12,14-15,19-23,30H,13H2,1-3H3/t19-,20+,21-,22+,23+,26-/m1/s1. The molecule has 1 N–H and O–H groups in total. The van der Waals surface area contributed by atoms with E-state index in [1.54, 1.807) is 51.1 Å². The van der Waals surface area contributed by atoms with Gasteiger partial charge in [0.25, 0.3) is 6.04 Å². The molecule has 0 radical (unpaired) electrons. The Kier molecular flexibility index (Phi) is 6.92. The second kappa shape index (κ2) is 9.81. The third-order valence-corrected chi connectivity index (χ3v) is 6.88. The summed E-state index contributed by atoms with van der Waals surface area (Å²) in [6.45, 7) is 4.72. The van der Waals surface area contributed by atoms with Crippen LogP contribution in [0.25, 0.3) is 0 Å². The highest BCUT2D eigenvalue weighted by Gasteiger charge is 2.73. The minimum absolute atomic E-state index is 0.0702. The van der Waals surface area contributed by atoms with Crippen molar-refractivity contribution in [2.24, 2.45) is 5.92 Å². The Labute approximate surface area is 212 Å². The van der Waals surface area contributed by atoms with Crippen molar-refractivity contribution in [3.8, 4) is 0 Å². The number of furan rings is 2. The van der Waals surface area contributed by atoms with E-state index in [1.165, 1.54) is 30.9 Å². The molecule has 11 heteroatoms. The molecule has 2 heterocycles. The number of rotatable bonds is 7. The molecule has 6 atom stereocenters. The molecule has 0 amide bonds. The Bertz CT molecular complexity index is 1230. The van der Waals surface area contributed by atoms with Crippen molar-refractivity contribution < 1.29 is 33.3 Å². The lowest BCUT2D eigenvalue weighted by atomic mass is 9.56. The summed E-state index contributed by atoms with van der Waals surface area (Å²) < 4.78 is 15.9. The number of hydrogen-bond donors (Lipinski definition) is 1. The number of benzene rings is 1. The minimum atomic E-state index is -2.75. The van der Waals surface area contributed by atoms with Crippen LogP contribution in [-0.2, 0) is 16.0 Å². The third kappa shape index (κ3) is 4.86. The maximum absolute atomic E-state index is 13.8. The number of hydrogen-bond acceptors (Lipinski definition) is 9. The molecule has 4 rings (SSSR count). The van der Waals surface area contributed by atoms with Crippen molar-refractivity contribution in [3.63, 3.8) is 0 Å². The zero-order chi connectivity index (χ0) is 27.0. The van der Waals surface area contributed by atoms with Gasteiger partial charge in [-0.05, 0) is 44.9 Å². The van der Waals surface area contributed by atoms with E-state index >= 15 is 0 Å². The van der Waals surface area contributed by atoms with E-state index in [0.29, 0.717) is 11.1 Å². The van der Waals surface area contributed by atoms with Crippen molar-refractivity contribution in [3.05, 3.63) is 104 Å². The topological polar surface area (TPSA) is 159 Å². The summed E-state index contributed by atoms with van der Waals surface area (Å²) in [6, 6.07) is 7.88. The van der Waals surface area contributed by atoms with Crippen LogP contribution in [0.3, 0.4) is 0 Å². The van der Waals surface area contributed by atoms with Crippen molar-refractivity contribution in [2.45, 2.75) is 62.3 Å². The lowest BCUT2D eigenvalue weighted by Gasteiger charge is -2.48. The molecule has 1 aliphatic rings. The van der Waals surface area contributed by atoms with E-state index in [9.17, 15) is 30.1 Å². The number of carbonyl (C=O) groups is 1. The molecular weight excluding hydrogens is 484 g/mol. The molecule has 3 aromatic rings. The molecular formula is C26H28N2O9. The van der Waals surface area contributed by atoms with Crippen LogP contribution in [0.15, 0.2) is 76.4 Å². The summed E-state index contributed by atoms with van der Waals surface area (Å²) >= 11 is 0. The Hall–Kier alpha value is -3.99. The van der Waals surface area contributed by atoms with Crippen LogP contribution < -0.4 is 0 Å². The van der Waals surface area contributed by atoms with Gasteiger partial charge in [-0.1, -0.05) is 30.3 Å². The Morgan fingerprint density at radius 3 is 2.00 bits per heavy atom. The Morgan fingerprint density at radius 1 is 0.973 bits per heavy atom. The molecule has 11 nitrogen and oxygen atoms in total. The van der Waals surface area contributed by atoms with Crippen LogP contribution in [0.4, 0.5) is 0 Å². The summed E-state index contributed by atoms with van der Waals surface area (Å²) in [5.41, 5.74) is -2.75. The quantitative estimate of drug-likeness (QED) is 0.281. The van der Waals surface area contributed by atoms with E-state index in [-0.39, 0.29) is 12.0 Å². The molecule has 1 saturated carbocycles. The van der Waals surface area contributed by atoms with Gasteiger partial charge in [-0.2, -0.15) is 0 Å². The van der Waals surface area contributed by atoms with Crippen molar-refractivity contribution >= 4 is 5.97 Å². The first-order chi connectivity index (χ1) is 17.4. The average molecular weight is 513 g/mol. The van der Waals surface area contributed by atoms with Gasteiger partial charge in [0.05, 0.1) is 31.0 Å². The maximum Gasteiger partial charge on any atom is 0.346 e. The first-order valence-electron chi connectivity index (χ1n) is 11.8. The highest BCUT2D eigenvalue weighted by Crippen LogP contribution is 2.53. The number of nitro groups is 2. The molecule has 0 unspecified atom stereocenters. The number of aliphatic hydroxyl groups is 1. The van der Waals surface area contributed by atoms with Gasteiger partial charge < -0.3 is 18.7 Å². The van der Waals surface area contributed by atoms with Crippen LogP contribution in [-0.4, -0.2) is 44.2 Å². The fourth-order valence-electron chi connectivity index (χ4n) is 5.49. The maximum atomic E-state index is 13.8. The highest BCUT2D eigenvalue weighted by atomic mass is 16.6. The Balaban J connectivity index is 2.02. The van der Waals surface area contributed by atoms with Crippen molar-refractivity contribution in [1.82, 2.24) is 0 Å². The molecule has 0 saturated heterocycles. The Morgan fingerprint density at radius 2 is 1.54 bits per heavy atom. The normalized spacial score (nSPS) is 27.9. The number of ether oxygens (including phenoxy) is 1. The molecule has 2 aromatic heterocycles. The van der Waals surface area contributed by atoms with E-state index in [0.717, 1.165) is 6.26 Å². The van der Waals surface area contributed by atoms with Crippen molar-refractivity contribution in [1.29, 1.82) is 0 Å². The van der Waals surface area contributed by atoms with Gasteiger partial charge >= 0.3 is 5.97 Å². The second-order valence-electron chi connectivity index (χ2n) is 10.3. The van der Waals surface area contributed by atoms with Crippen LogP contribution in [0, 0.1) is 26.1 Å². The van der Waals surface area contributed by atoms with Gasteiger partial charge in [-0.25, -0.2) is 4.79 Å². The van der Waals surface area contributed by atoms with Gasteiger partial charge in [0.1, 0.15) is 11.5 Å². The van der Waals surface area contributed by atoms with Crippen LogP contribution in [0.5, 0.6) is 0 Å². The molecule has 1 aliphatic carbocycles. The zero-order valence-corrected chi connectivity index (χ0v) is 20.6. The van der Waals surface area contributed by atoms with E-state index in [2.05, 4.69) is 0 Å². The van der Waals surface area contributed by atoms with Gasteiger partial charge in [-0.3, -0.25) is 20.2 Å².